The molecule has 0 bridgehead atoms. The Morgan fingerprint density at radius 3 is 3.11 bits per heavy atom. The van der Waals surface area contributed by atoms with Crippen LogP contribution in [0.25, 0.3) is 0 Å². The Hall–Kier alpha value is -1.11. The fourth-order valence-electron chi connectivity index (χ4n) is 1.84. The van der Waals surface area contributed by atoms with Crippen molar-refractivity contribution in [2.75, 3.05) is 31.7 Å². The molecule has 0 spiro atoms. The summed E-state index contributed by atoms with van der Waals surface area (Å²) in [5, 5.41) is 7.32. The van der Waals surface area contributed by atoms with E-state index in [-0.39, 0.29) is 16.7 Å². The fraction of sp³-hybridized carbons (Fsp3) is 0.667. The second kappa shape index (κ2) is 6.88. The molecule has 1 aromatic heterocycles. The lowest BCUT2D eigenvalue weighted by atomic mass is 10.3. The molecular formula is C12H18ClN3O3. The van der Waals surface area contributed by atoms with E-state index in [0.29, 0.717) is 38.6 Å². The molecule has 19 heavy (non-hydrogen) atoms. The summed E-state index contributed by atoms with van der Waals surface area (Å²) in [6.45, 7) is 4.86. The number of rotatable bonds is 5. The highest BCUT2D eigenvalue weighted by Gasteiger charge is 2.15. The SMILES string of the molecule is CCCn1ncc(NCC2COCCO2)c(Cl)c1=O. The average Bonchev–Trinajstić information content (AvgIpc) is 2.44. The highest BCUT2D eigenvalue weighted by atomic mass is 35.5. The zero-order valence-corrected chi connectivity index (χ0v) is 11.7. The first kappa shape index (κ1) is 14.3. The second-order valence-corrected chi connectivity index (χ2v) is 4.73. The van der Waals surface area contributed by atoms with Crippen LogP contribution in [0.15, 0.2) is 11.0 Å². The van der Waals surface area contributed by atoms with Gasteiger partial charge in [-0.2, -0.15) is 5.10 Å². The summed E-state index contributed by atoms with van der Waals surface area (Å²) in [5.41, 5.74) is 0.266. The first-order valence-corrected chi connectivity index (χ1v) is 6.79. The molecule has 0 saturated carbocycles. The van der Waals surface area contributed by atoms with E-state index in [2.05, 4.69) is 10.4 Å². The average molecular weight is 288 g/mol. The molecule has 0 radical (unpaired) electrons. The largest absolute Gasteiger partial charge is 0.380 e. The van der Waals surface area contributed by atoms with E-state index in [1.54, 1.807) is 6.20 Å². The molecule has 1 unspecified atom stereocenters. The van der Waals surface area contributed by atoms with Gasteiger partial charge in [-0.25, -0.2) is 4.68 Å². The Balaban J connectivity index is 2.00. The number of hydrogen-bond donors (Lipinski definition) is 1. The van der Waals surface area contributed by atoms with E-state index < -0.39 is 0 Å². The molecule has 2 heterocycles. The molecule has 1 atom stereocenters. The predicted octanol–water partition coefficient (Wildman–Crippen LogP) is 1.13. The van der Waals surface area contributed by atoms with Gasteiger partial charge in [0.05, 0.1) is 37.8 Å². The van der Waals surface area contributed by atoms with E-state index in [1.165, 1.54) is 4.68 Å². The third-order valence-corrected chi connectivity index (χ3v) is 3.19. The van der Waals surface area contributed by atoms with Gasteiger partial charge in [-0.05, 0) is 6.42 Å². The van der Waals surface area contributed by atoms with Gasteiger partial charge in [0.2, 0.25) is 0 Å². The third-order valence-electron chi connectivity index (χ3n) is 2.83. The molecule has 7 heteroatoms. The summed E-state index contributed by atoms with van der Waals surface area (Å²) in [4.78, 5) is 11.9. The highest BCUT2D eigenvalue weighted by Crippen LogP contribution is 2.15. The summed E-state index contributed by atoms with van der Waals surface area (Å²) >= 11 is 6.04. The van der Waals surface area contributed by atoms with Gasteiger partial charge in [-0.3, -0.25) is 4.79 Å². The minimum atomic E-state index is -0.269. The summed E-state index contributed by atoms with van der Waals surface area (Å²) in [5.74, 6) is 0. The molecular weight excluding hydrogens is 270 g/mol. The van der Waals surface area contributed by atoms with Crippen molar-refractivity contribution in [3.63, 3.8) is 0 Å². The zero-order chi connectivity index (χ0) is 13.7. The highest BCUT2D eigenvalue weighted by molar-refractivity contribution is 6.32. The van der Waals surface area contributed by atoms with Crippen molar-refractivity contribution in [2.45, 2.75) is 26.0 Å². The monoisotopic (exact) mass is 287 g/mol. The van der Waals surface area contributed by atoms with Crippen molar-refractivity contribution in [1.82, 2.24) is 9.78 Å². The topological polar surface area (TPSA) is 65.4 Å². The van der Waals surface area contributed by atoms with Crippen LogP contribution in [0.2, 0.25) is 5.02 Å². The van der Waals surface area contributed by atoms with Crippen molar-refractivity contribution in [2.24, 2.45) is 0 Å². The number of nitrogens with one attached hydrogen (secondary N) is 1. The molecule has 1 aliphatic heterocycles. The van der Waals surface area contributed by atoms with Crippen molar-refractivity contribution in [3.05, 3.63) is 21.6 Å². The van der Waals surface area contributed by atoms with Crippen LogP contribution in [-0.4, -0.2) is 42.2 Å². The van der Waals surface area contributed by atoms with E-state index in [0.717, 1.165) is 6.42 Å². The van der Waals surface area contributed by atoms with E-state index in [9.17, 15) is 4.79 Å². The standard InChI is InChI=1S/C12H18ClN3O3/c1-2-3-16-12(17)11(13)10(7-15-16)14-6-9-8-18-4-5-19-9/h7,9,14H,2-6,8H2,1H3. The lowest BCUT2D eigenvalue weighted by molar-refractivity contribution is -0.0818. The van der Waals surface area contributed by atoms with Gasteiger partial charge in [0.25, 0.3) is 5.56 Å². The van der Waals surface area contributed by atoms with Crippen LogP contribution in [0.3, 0.4) is 0 Å². The Bertz CT molecular complexity index is 472. The normalized spacial score (nSPS) is 19.4. The Morgan fingerprint density at radius 1 is 1.58 bits per heavy atom. The van der Waals surface area contributed by atoms with Gasteiger partial charge in [-0.15, -0.1) is 0 Å². The van der Waals surface area contributed by atoms with Crippen LogP contribution in [0.5, 0.6) is 0 Å². The maximum Gasteiger partial charge on any atom is 0.287 e. The zero-order valence-electron chi connectivity index (χ0n) is 10.9. The maximum atomic E-state index is 11.9. The quantitative estimate of drug-likeness (QED) is 0.879. The predicted molar refractivity (Wildman–Crippen MR) is 72.8 cm³/mol. The molecule has 2 rings (SSSR count). The molecule has 0 aliphatic carbocycles. The molecule has 1 fully saturated rings. The first-order chi connectivity index (χ1) is 9.22. The van der Waals surface area contributed by atoms with Crippen LogP contribution in [0.1, 0.15) is 13.3 Å². The van der Waals surface area contributed by atoms with Crippen LogP contribution < -0.4 is 10.9 Å². The molecule has 1 saturated heterocycles. The molecule has 6 nitrogen and oxygen atoms in total. The Kier molecular flexibility index (Phi) is 5.18. The number of aromatic nitrogens is 2. The van der Waals surface area contributed by atoms with Crippen molar-refractivity contribution in [3.8, 4) is 0 Å². The van der Waals surface area contributed by atoms with Crippen LogP contribution in [0, 0.1) is 0 Å². The Morgan fingerprint density at radius 2 is 2.42 bits per heavy atom. The Labute approximate surface area is 116 Å². The van der Waals surface area contributed by atoms with Gasteiger partial charge in [0.15, 0.2) is 0 Å². The molecule has 0 amide bonds. The number of aryl methyl sites for hydroxylation is 1. The lowest BCUT2D eigenvalue weighted by Gasteiger charge is -2.23. The van der Waals surface area contributed by atoms with Crippen LogP contribution in [-0.2, 0) is 16.0 Å². The van der Waals surface area contributed by atoms with Gasteiger partial charge in [-0.1, -0.05) is 18.5 Å². The van der Waals surface area contributed by atoms with Gasteiger partial charge in [0, 0.05) is 13.1 Å². The first-order valence-electron chi connectivity index (χ1n) is 6.41. The molecule has 1 N–H and O–H groups in total. The van der Waals surface area contributed by atoms with E-state index in [4.69, 9.17) is 21.1 Å². The lowest BCUT2D eigenvalue weighted by Crippen LogP contribution is -2.34. The second-order valence-electron chi connectivity index (χ2n) is 4.35. The molecule has 106 valence electrons. The van der Waals surface area contributed by atoms with Crippen LogP contribution in [0.4, 0.5) is 5.69 Å². The number of halogens is 1. The summed E-state index contributed by atoms with van der Waals surface area (Å²) < 4.78 is 12.2. The number of anilines is 1. The maximum absolute atomic E-state index is 11.9. The summed E-state index contributed by atoms with van der Waals surface area (Å²) in [7, 11) is 0. The van der Waals surface area contributed by atoms with E-state index in [1.807, 2.05) is 6.92 Å². The number of hydrogen-bond acceptors (Lipinski definition) is 5. The minimum Gasteiger partial charge on any atom is -0.380 e. The minimum absolute atomic E-state index is 0.0251. The van der Waals surface area contributed by atoms with Gasteiger partial charge in [0.1, 0.15) is 5.02 Å². The van der Waals surface area contributed by atoms with E-state index >= 15 is 0 Å². The summed E-state index contributed by atoms with van der Waals surface area (Å²) in [6, 6.07) is 0. The molecule has 1 aliphatic rings. The molecule has 1 aromatic rings. The smallest absolute Gasteiger partial charge is 0.287 e. The third kappa shape index (κ3) is 3.68. The number of ether oxygens (including phenoxy) is 2. The van der Waals surface area contributed by atoms with Gasteiger partial charge < -0.3 is 14.8 Å². The van der Waals surface area contributed by atoms with Crippen molar-refractivity contribution < 1.29 is 9.47 Å². The molecule has 0 aromatic carbocycles. The number of nitrogens with zero attached hydrogens (tertiary/aromatic N) is 2. The van der Waals surface area contributed by atoms with Gasteiger partial charge >= 0.3 is 0 Å². The fourth-order valence-corrected chi connectivity index (χ4v) is 2.05. The summed E-state index contributed by atoms with van der Waals surface area (Å²) in [6.07, 6.45) is 2.38. The van der Waals surface area contributed by atoms with Crippen LogP contribution >= 0.6 is 11.6 Å². The van der Waals surface area contributed by atoms with Crippen molar-refractivity contribution in [1.29, 1.82) is 0 Å². The van der Waals surface area contributed by atoms with Crippen molar-refractivity contribution >= 4 is 17.3 Å².